The van der Waals surface area contributed by atoms with Gasteiger partial charge in [0, 0.05) is 12.1 Å². The first-order valence-corrected chi connectivity index (χ1v) is 3.48. The summed E-state index contributed by atoms with van der Waals surface area (Å²) < 4.78 is 0. The van der Waals surface area contributed by atoms with Gasteiger partial charge in [-0.05, 0) is 27.7 Å². The molecule has 0 aromatic heterocycles. The van der Waals surface area contributed by atoms with Gasteiger partial charge < -0.3 is 10.0 Å². The molecule has 3 nitrogen and oxygen atoms in total. The molecule has 0 heterocycles. The lowest BCUT2D eigenvalue weighted by Gasteiger charge is -2.27. The second-order valence-electron chi connectivity index (χ2n) is 2.88. The molecule has 0 aromatic rings. The van der Waals surface area contributed by atoms with Gasteiger partial charge in [-0.25, -0.2) is 4.79 Å². The number of nitrogens with zero attached hydrogens (tertiary/aromatic N) is 1. The molecule has 0 aromatic carbocycles. The van der Waals surface area contributed by atoms with Gasteiger partial charge in [0.1, 0.15) is 0 Å². The van der Waals surface area contributed by atoms with E-state index in [1.165, 1.54) is 4.90 Å². The zero-order chi connectivity index (χ0) is 8.31. The van der Waals surface area contributed by atoms with Crippen LogP contribution in [0.3, 0.4) is 0 Å². The van der Waals surface area contributed by atoms with Crippen molar-refractivity contribution in [2.24, 2.45) is 0 Å². The Hall–Kier alpha value is -0.730. The zero-order valence-corrected chi connectivity index (χ0v) is 6.96. The number of hydrogen-bond donors (Lipinski definition) is 1. The van der Waals surface area contributed by atoms with Gasteiger partial charge in [-0.1, -0.05) is 0 Å². The summed E-state index contributed by atoms with van der Waals surface area (Å²) in [6.07, 6.45) is -0.843. The van der Waals surface area contributed by atoms with Gasteiger partial charge in [-0.2, -0.15) is 0 Å². The molecule has 1 N–H and O–H groups in total. The number of carbonyl (C=O) groups is 1. The highest BCUT2D eigenvalue weighted by atomic mass is 16.4. The van der Waals surface area contributed by atoms with Gasteiger partial charge in [0.05, 0.1) is 0 Å². The van der Waals surface area contributed by atoms with Crippen LogP contribution >= 0.6 is 0 Å². The molecule has 60 valence electrons. The topological polar surface area (TPSA) is 40.5 Å². The van der Waals surface area contributed by atoms with Crippen LogP contribution in [0.15, 0.2) is 0 Å². The molecule has 0 aliphatic rings. The lowest BCUT2D eigenvalue weighted by Crippen LogP contribution is -2.40. The lowest BCUT2D eigenvalue weighted by atomic mass is 10.2. The Morgan fingerprint density at radius 2 is 1.50 bits per heavy atom. The second kappa shape index (κ2) is 3.44. The Balaban J connectivity index is 4.12. The van der Waals surface area contributed by atoms with E-state index in [9.17, 15) is 4.79 Å². The van der Waals surface area contributed by atoms with Crippen LogP contribution in [0.1, 0.15) is 27.7 Å². The van der Waals surface area contributed by atoms with Crippen LogP contribution in [-0.2, 0) is 0 Å². The lowest BCUT2D eigenvalue weighted by molar-refractivity contribution is 0.116. The fourth-order valence-corrected chi connectivity index (χ4v) is 1.04. The molecule has 10 heavy (non-hydrogen) atoms. The SMILES string of the molecule is CC(C)N(C(=O)O)C(C)C. The summed E-state index contributed by atoms with van der Waals surface area (Å²) in [5.74, 6) is 0. The van der Waals surface area contributed by atoms with Gasteiger partial charge >= 0.3 is 6.09 Å². The Labute approximate surface area is 61.6 Å². The van der Waals surface area contributed by atoms with Gasteiger partial charge in [0.25, 0.3) is 0 Å². The number of hydrogen-bond acceptors (Lipinski definition) is 1. The van der Waals surface area contributed by atoms with E-state index < -0.39 is 6.09 Å². The van der Waals surface area contributed by atoms with Crippen molar-refractivity contribution in [3.8, 4) is 0 Å². The summed E-state index contributed by atoms with van der Waals surface area (Å²) in [5.41, 5.74) is 0. The summed E-state index contributed by atoms with van der Waals surface area (Å²) in [6.45, 7) is 7.48. The maximum Gasteiger partial charge on any atom is 0.407 e. The van der Waals surface area contributed by atoms with E-state index in [2.05, 4.69) is 0 Å². The van der Waals surface area contributed by atoms with Gasteiger partial charge in [-0.3, -0.25) is 0 Å². The molecule has 0 saturated heterocycles. The van der Waals surface area contributed by atoms with E-state index in [1.807, 2.05) is 27.7 Å². The van der Waals surface area contributed by atoms with Crippen molar-refractivity contribution in [1.82, 2.24) is 4.90 Å². The molecule has 1 amide bonds. The van der Waals surface area contributed by atoms with Crippen molar-refractivity contribution < 1.29 is 9.90 Å². The molecule has 0 rings (SSSR count). The predicted molar refractivity (Wildman–Crippen MR) is 40.1 cm³/mol. The fourth-order valence-electron chi connectivity index (χ4n) is 1.04. The largest absolute Gasteiger partial charge is 0.465 e. The van der Waals surface area contributed by atoms with Crippen molar-refractivity contribution >= 4 is 6.09 Å². The molecule has 3 heteroatoms. The molecular weight excluding hydrogens is 130 g/mol. The monoisotopic (exact) mass is 145 g/mol. The van der Waals surface area contributed by atoms with Crippen LogP contribution in [0.2, 0.25) is 0 Å². The summed E-state index contributed by atoms with van der Waals surface area (Å²) >= 11 is 0. The van der Waals surface area contributed by atoms with Gasteiger partial charge in [0.2, 0.25) is 0 Å². The Bertz CT molecular complexity index is 113. The van der Waals surface area contributed by atoms with Crippen molar-refractivity contribution in [2.45, 2.75) is 39.8 Å². The Morgan fingerprint density at radius 3 is 1.50 bits per heavy atom. The molecule has 0 radical (unpaired) electrons. The number of carboxylic acid groups (broad SMARTS) is 1. The average molecular weight is 145 g/mol. The minimum absolute atomic E-state index is 0.0671. The molecule has 0 aliphatic carbocycles. The summed E-state index contributed by atoms with van der Waals surface area (Å²) in [5, 5.41) is 8.64. The molecule has 0 spiro atoms. The van der Waals surface area contributed by atoms with E-state index >= 15 is 0 Å². The van der Waals surface area contributed by atoms with Crippen LogP contribution < -0.4 is 0 Å². The number of rotatable bonds is 2. The third-order valence-corrected chi connectivity index (χ3v) is 1.33. The maximum absolute atomic E-state index is 10.5. The molecular formula is C7H15NO2. The maximum atomic E-state index is 10.5. The summed E-state index contributed by atoms with van der Waals surface area (Å²) in [4.78, 5) is 11.9. The second-order valence-corrected chi connectivity index (χ2v) is 2.88. The zero-order valence-electron chi connectivity index (χ0n) is 6.96. The third kappa shape index (κ3) is 2.25. The molecule has 0 fully saturated rings. The first kappa shape index (κ1) is 9.27. The smallest absolute Gasteiger partial charge is 0.407 e. The minimum Gasteiger partial charge on any atom is -0.465 e. The Kier molecular flexibility index (Phi) is 3.19. The van der Waals surface area contributed by atoms with Crippen LogP contribution in [0.25, 0.3) is 0 Å². The van der Waals surface area contributed by atoms with Crippen molar-refractivity contribution in [3.63, 3.8) is 0 Å². The van der Waals surface area contributed by atoms with Crippen LogP contribution in [0, 0.1) is 0 Å². The van der Waals surface area contributed by atoms with E-state index in [4.69, 9.17) is 5.11 Å². The van der Waals surface area contributed by atoms with Crippen LogP contribution in [0.4, 0.5) is 4.79 Å². The normalized spacial score (nSPS) is 10.6. The van der Waals surface area contributed by atoms with Crippen molar-refractivity contribution in [3.05, 3.63) is 0 Å². The summed E-state index contributed by atoms with van der Waals surface area (Å²) in [6, 6.07) is 0.134. The first-order chi connectivity index (χ1) is 4.46. The predicted octanol–water partition coefficient (Wildman–Crippen LogP) is 1.78. The van der Waals surface area contributed by atoms with E-state index in [1.54, 1.807) is 0 Å². The average Bonchev–Trinajstić information content (AvgIpc) is 1.59. The van der Waals surface area contributed by atoms with Gasteiger partial charge in [0.15, 0.2) is 0 Å². The van der Waals surface area contributed by atoms with E-state index in [0.717, 1.165) is 0 Å². The van der Waals surface area contributed by atoms with E-state index in [0.29, 0.717) is 0 Å². The van der Waals surface area contributed by atoms with Crippen molar-refractivity contribution in [2.75, 3.05) is 0 Å². The molecule has 0 unspecified atom stereocenters. The highest BCUT2D eigenvalue weighted by molar-refractivity contribution is 5.65. The Morgan fingerprint density at radius 1 is 1.20 bits per heavy atom. The molecule has 0 saturated carbocycles. The van der Waals surface area contributed by atoms with Crippen LogP contribution in [0.5, 0.6) is 0 Å². The fraction of sp³-hybridized carbons (Fsp3) is 0.857. The molecule has 0 atom stereocenters. The van der Waals surface area contributed by atoms with Gasteiger partial charge in [-0.15, -0.1) is 0 Å². The molecule has 0 bridgehead atoms. The van der Waals surface area contributed by atoms with E-state index in [-0.39, 0.29) is 12.1 Å². The van der Waals surface area contributed by atoms with Crippen molar-refractivity contribution in [1.29, 1.82) is 0 Å². The summed E-state index contributed by atoms with van der Waals surface area (Å²) in [7, 11) is 0. The highest BCUT2D eigenvalue weighted by Gasteiger charge is 2.17. The number of amides is 1. The van der Waals surface area contributed by atoms with Crippen LogP contribution in [-0.4, -0.2) is 28.2 Å². The highest BCUT2D eigenvalue weighted by Crippen LogP contribution is 2.03. The third-order valence-electron chi connectivity index (χ3n) is 1.33. The standard InChI is InChI=1S/C7H15NO2/c1-5(2)8(6(3)4)7(9)10/h5-6H,1-4H3,(H,9,10). The quantitative estimate of drug-likeness (QED) is 0.643. The first-order valence-electron chi connectivity index (χ1n) is 3.48. The minimum atomic E-state index is -0.843. The molecule has 0 aliphatic heterocycles.